The number of thiophene rings is 1. The summed E-state index contributed by atoms with van der Waals surface area (Å²) in [4.78, 5) is 18.1. The average molecular weight is 407 g/mol. The van der Waals surface area contributed by atoms with Crippen molar-refractivity contribution in [3.8, 4) is 5.69 Å². The Labute approximate surface area is 175 Å². The van der Waals surface area contributed by atoms with Crippen molar-refractivity contribution in [3.05, 3.63) is 74.7 Å². The fourth-order valence-corrected chi connectivity index (χ4v) is 4.61. The molecule has 0 spiro atoms. The molecule has 2 heterocycles. The predicted octanol–water partition coefficient (Wildman–Crippen LogP) is 6.00. The largest absolute Gasteiger partial charge is 0.375 e. The van der Waals surface area contributed by atoms with Gasteiger partial charge in [-0.2, -0.15) is 0 Å². The van der Waals surface area contributed by atoms with Gasteiger partial charge >= 0.3 is 5.97 Å². The van der Waals surface area contributed by atoms with Gasteiger partial charge in [-0.1, -0.05) is 31.1 Å². The van der Waals surface area contributed by atoms with Crippen LogP contribution in [0, 0.1) is 26.2 Å². The molecule has 1 aliphatic carbocycles. The molecule has 4 nitrogen and oxygen atoms in total. The normalized spacial score (nSPS) is 16.7. The zero-order valence-electron chi connectivity index (χ0n) is 17.6. The van der Waals surface area contributed by atoms with E-state index in [4.69, 9.17) is 4.84 Å². The number of hydrogen-bond donors (Lipinski definition) is 0. The van der Waals surface area contributed by atoms with E-state index < -0.39 is 5.97 Å². The summed E-state index contributed by atoms with van der Waals surface area (Å²) < 4.78 is 2.32. The van der Waals surface area contributed by atoms with Crippen molar-refractivity contribution in [1.29, 1.82) is 0 Å². The molecule has 0 fully saturated rings. The van der Waals surface area contributed by atoms with E-state index in [1.54, 1.807) is 6.07 Å². The van der Waals surface area contributed by atoms with Crippen molar-refractivity contribution in [1.82, 2.24) is 4.57 Å². The van der Waals surface area contributed by atoms with Crippen molar-refractivity contribution in [2.24, 2.45) is 10.6 Å². The van der Waals surface area contributed by atoms with Gasteiger partial charge in [-0.3, -0.25) is 0 Å². The highest BCUT2D eigenvalue weighted by molar-refractivity contribution is 7.11. The van der Waals surface area contributed by atoms with Crippen molar-refractivity contribution >= 4 is 23.0 Å². The maximum absolute atomic E-state index is 12.3. The van der Waals surface area contributed by atoms with Crippen LogP contribution in [0.15, 0.2) is 46.9 Å². The molecule has 4 rings (SSSR count). The molecule has 150 valence electrons. The first-order valence-electron chi connectivity index (χ1n) is 9.86. The Hall–Kier alpha value is -2.66. The molecule has 2 aromatic heterocycles. The number of benzene rings is 1. The van der Waals surface area contributed by atoms with Crippen LogP contribution in [0.1, 0.15) is 58.0 Å². The molecule has 1 aromatic carbocycles. The lowest BCUT2D eigenvalue weighted by molar-refractivity contribution is 0.0519. The molecule has 0 bridgehead atoms. The second-order valence-electron chi connectivity index (χ2n) is 8.66. The summed E-state index contributed by atoms with van der Waals surface area (Å²) in [7, 11) is 0. The van der Waals surface area contributed by atoms with Crippen molar-refractivity contribution in [2.75, 3.05) is 0 Å². The van der Waals surface area contributed by atoms with Gasteiger partial charge in [0.15, 0.2) is 0 Å². The second-order valence-corrected chi connectivity index (χ2v) is 9.61. The molecule has 29 heavy (non-hydrogen) atoms. The number of oxime groups is 1. The quantitative estimate of drug-likeness (QED) is 0.396. The number of carbonyl (C=O) groups excluding carboxylic acids is 1. The number of rotatable bonds is 3. The van der Waals surface area contributed by atoms with Crippen molar-refractivity contribution in [3.63, 3.8) is 0 Å². The lowest BCUT2D eigenvalue weighted by Crippen LogP contribution is -2.28. The molecule has 3 aromatic rings. The molecule has 1 aliphatic rings. The minimum absolute atomic E-state index is 0.0312. The van der Waals surface area contributed by atoms with Crippen LogP contribution in [-0.4, -0.2) is 16.2 Å². The number of carbonyl (C=O) groups is 1. The summed E-state index contributed by atoms with van der Waals surface area (Å²) >= 11 is 1.36. The maximum atomic E-state index is 12.3. The first-order chi connectivity index (χ1) is 13.7. The minimum atomic E-state index is -0.400. The molecule has 0 saturated carbocycles. The molecule has 5 heteroatoms. The Morgan fingerprint density at radius 3 is 2.59 bits per heavy atom. The average Bonchev–Trinajstić information content (AvgIpc) is 3.29. The van der Waals surface area contributed by atoms with Crippen LogP contribution in [0.25, 0.3) is 5.69 Å². The summed E-state index contributed by atoms with van der Waals surface area (Å²) in [5.74, 6) is -0.400. The van der Waals surface area contributed by atoms with Gasteiger partial charge in [0, 0.05) is 22.6 Å². The van der Waals surface area contributed by atoms with Crippen molar-refractivity contribution < 1.29 is 9.63 Å². The number of aryl methyl sites for hydroxylation is 3. The van der Waals surface area contributed by atoms with E-state index in [-0.39, 0.29) is 5.41 Å². The summed E-state index contributed by atoms with van der Waals surface area (Å²) in [6.07, 6.45) is 1.72. The van der Waals surface area contributed by atoms with Crippen LogP contribution >= 0.6 is 11.3 Å². The first kappa shape index (κ1) is 19.6. The van der Waals surface area contributed by atoms with E-state index in [9.17, 15) is 4.79 Å². The number of nitrogens with zero attached hydrogens (tertiary/aromatic N) is 2. The van der Waals surface area contributed by atoms with Crippen LogP contribution in [0.2, 0.25) is 0 Å². The molecule has 0 N–H and O–H groups in total. The molecule has 0 radical (unpaired) electrons. The second kappa shape index (κ2) is 7.30. The Bertz CT molecular complexity index is 1100. The van der Waals surface area contributed by atoms with Crippen LogP contribution < -0.4 is 0 Å². The Kier molecular flexibility index (Phi) is 4.95. The standard InChI is InChI=1S/C24H26N2O2S/c1-15-8-9-18(11-16(15)2)26-17(3)12-19-20(13-24(4,5)14-21(19)26)25-28-23(27)22-7-6-10-29-22/h6-12H,13-14H2,1-5H3/b25-20+. The van der Waals surface area contributed by atoms with Gasteiger partial charge in [0.25, 0.3) is 0 Å². The summed E-state index contributed by atoms with van der Waals surface area (Å²) in [5, 5.41) is 6.18. The zero-order valence-corrected chi connectivity index (χ0v) is 18.4. The van der Waals surface area contributed by atoms with E-state index in [1.807, 2.05) is 11.4 Å². The Balaban J connectivity index is 1.76. The van der Waals surface area contributed by atoms with E-state index in [0.29, 0.717) is 4.88 Å². The number of hydrogen-bond acceptors (Lipinski definition) is 4. The smallest absolute Gasteiger partial charge is 0.318 e. The Morgan fingerprint density at radius 2 is 1.90 bits per heavy atom. The zero-order chi connectivity index (χ0) is 20.8. The monoisotopic (exact) mass is 406 g/mol. The predicted molar refractivity (Wildman–Crippen MR) is 118 cm³/mol. The first-order valence-corrected chi connectivity index (χ1v) is 10.7. The highest BCUT2D eigenvalue weighted by Gasteiger charge is 2.34. The number of aromatic nitrogens is 1. The van der Waals surface area contributed by atoms with E-state index in [1.165, 1.54) is 33.8 Å². The van der Waals surface area contributed by atoms with Crippen LogP contribution in [0.5, 0.6) is 0 Å². The molecule has 0 amide bonds. The van der Waals surface area contributed by atoms with Gasteiger partial charge in [-0.15, -0.1) is 11.3 Å². The summed E-state index contributed by atoms with van der Waals surface area (Å²) in [6, 6.07) is 12.3. The summed E-state index contributed by atoms with van der Waals surface area (Å²) in [5.41, 5.74) is 8.07. The minimum Gasteiger partial charge on any atom is -0.318 e. The molecule has 0 atom stereocenters. The van der Waals surface area contributed by atoms with Crippen LogP contribution in [-0.2, 0) is 11.3 Å². The molecular formula is C24H26N2O2S. The summed E-state index contributed by atoms with van der Waals surface area (Å²) in [6.45, 7) is 10.9. The highest BCUT2D eigenvalue weighted by atomic mass is 32.1. The highest BCUT2D eigenvalue weighted by Crippen LogP contribution is 2.38. The lowest BCUT2D eigenvalue weighted by atomic mass is 9.76. The van der Waals surface area contributed by atoms with Crippen LogP contribution in [0.3, 0.4) is 0 Å². The fraction of sp³-hybridized carbons (Fsp3) is 0.333. The van der Waals surface area contributed by atoms with Crippen molar-refractivity contribution in [2.45, 2.75) is 47.5 Å². The molecular weight excluding hydrogens is 380 g/mol. The molecule has 0 unspecified atom stereocenters. The third-order valence-electron chi connectivity index (χ3n) is 5.60. The maximum Gasteiger partial charge on any atom is 0.375 e. The molecule has 0 saturated heterocycles. The van der Waals surface area contributed by atoms with Gasteiger partial charge in [-0.05, 0) is 79.8 Å². The Morgan fingerprint density at radius 1 is 1.10 bits per heavy atom. The van der Waals surface area contributed by atoms with Gasteiger partial charge in [0.1, 0.15) is 4.88 Å². The van der Waals surface area contributed by atoms with Gasteiger partial charge in [0.2, 0.25) is 0 Å². The third kappa shape index (κ3) is 3.79. The van der Waals surface area contributed by atoms with E-state index in [2.05, 4.69) is 68.6 Å². The SMILES string of the molecule is Cc1ccc(-n2c(C)cc3c2CC(C)(C)C/C3=N\OC(=O)c2cccs2)cc1C. The third-order valence-corrected chi connectivity index (χ3v) is 6.45. The van der Waals surface area contributed by atoms with Crippen LogP contribution in [0.4, 0.5) is 0 Å². The van der Waals surface area contributed by atoms with Gasteiger partial charge in [0.05, 0.1) is 5.71 Å². The topological polar surface area (TPSA) is 43.6 Å². The number of fused-ring (bicyclic) bond motifs is 1. The van der Waals surface area contributed by atoms with Gasteiger partial charge < -0.3 is 9.40 Å². The molecule has 0 aliphatic heterocycles. The fourth-order valence-electron chi connectivity index (χ4n) is 4.02. The van der Waals surface area contributed by atoms with Gasteiger partial charge in [-0.25, -0.2) is 4.79 Å². The van der Waals surface area contributed by atoms with E-state index >= 15 is 0 Å². The lowest BCUT2D eigenvalue weighted by Gasteiger charge is -2.31. The van der Waals surface area contributed by atoms with E-state index in [0.717, 1.165) is 29.8 Å².